The third-order valence-electron chi connectivity index (χ3n) is 8.63. The Balaban J connectivity index is 1.69. The van der Waals surface area contributed by atoms with Gasteiger partial charge in [-0.1, -0.05) is 13.8 Å². The third kappa shape index (κ3) is 4.96. The van der Waals surface area contributed by atoms with Crippen molar-refractivity contribution >= 4 is 22.9 Å². The fraction of sp³-hybridized carbons (Fsp3) is 0.438. The van der Waals surface area contributed by atoms with Crippen LogP contribution in [0.25, 0.3) is 28.0 Å². The first-order valence-corrected chi connectivity index (χ1v) is 14.8. The standard InChI is InChI=1S/C32H37N7O4/c1-17(2)25-27(18(3)9-10-33-25)39-29-24(28(35-31(39)41)38-12-11-37(32(42)43)15-20(38)5)14-23(21-7-8-21)26(34-29)22-13-19(4)30(40)36(6)16-22/h9-10,13-14,16-17,20-21H,7-8,11-12,15H2,1-6H3,(H,42,43)/t20-/m0/s1. The molecule has 1 N–H and O–H groups in total. The smallest absolute Gasteiger partial charge is 0.407 e. The molecule has 6 rings (SSSR count). The predicted molar refractivity (Wildman–Crippen MR) is 166 cm³/mol. The summed E-state index contributed by atoms with van der Waals surface area (Å²) < 4.78 is 3.16. The number of aromatic nitrogens is 5. The van der Waals surface area contributed by atoms with Crippen molar-refractivity contribution in [3.05, 3.63) is 73.8 Å². The molecule has 0 radical (unpaired) electrons. The van der Waals surface area contributed by atoms with E-state index >= 15 is 0 Å². The van der Waals surface area contributed by atoms with Crippen LogP contribution < -0.4 is 16.1 Å². The van der Waals surface area contributed by atoms with Gasteiger partial charge in [-0.3, -0.25) is 9.78 Å². The van der Waals surface area contributed by atoms with E-state index in [1.165, 1.54) is 4.90 Å². The molecule has 1 aliphatic carbocycles. The number of hydrogen-bond acceptors (Lipinski definition) is 7. The minimum Gasteiger partial charge on any atom is -0.465 e. The van der Waals surface area contributed by atoms with Crippen molar-refractivity contribution in [2.45, 2.75) is 65.3 Å². The number of pyridine rings is 3. The predicted octanol–water partition coefficient (Wildman–Crippen LogP) is 4.35. The summed E-state index contributed by atoms with van der Waals surface area (Å²) in [6.45, 7) is 10.8. The summed E-state index contributed by atoms with van der Waals surface area (Å²) in [5.74, 6) is 0.862. The second-order valence-electron chi connectivity index (χ2n) is 12.2. The van der Waals surface area contributed by atoms with Gasteiger partial charge in [0.05, 0.1) is 22.5 Å². The van der Waals surface area contributed by atoms with E-state index < -0.39 is 11.8 Å². The topological polar surface area (TPSA) is 126 Å². The van der Waals surface area contributed by atoms with Gasteiger partial charge in [-0.15, -0.1) is 0 Å². The molecule has 1 amide bonds. The molecule has 43 heavy (non-hydrogen) atoms. The highest BCUT2D eigenvalue weighted by molar-refractivity contribution is 5.92. The summed E-state index contributed by atoms with van der Waals surface area (Å²) in [5, 5.41) is 10.3. The Kier molecular flexibility index (Phi) is 7.06. The van der Waals surface area contributed by atoms with E-state index in [2.05, 4.69) is 16.0 Å². The zero-order valence-electron chi connectivity index (χ0n) is 25.5. The second kappa shape index (κ2) is 10.6. The van der Waals surface area contributed by atoms with E-state index in [1.54, 1.807) is 29.3 Å². The Bertz CT molecular complexity index is 1860. The number of rotatable bonds is 5. The lowest BCUT2D eigenvalue weighted by Crippen LogP contribution is -2.54. The Labute approximate surface area is 249 Å². The Morgan fingerprint density at radius 2 is 1.81 bits per heavy atom. The Morgan fingerprint density at radius 1 is 1.07 bits per heavy atom. The quantitative estimate of drug-likeness (QED) is 0.368. The molecule has 2 aliphatic rings. The molecule has 5 heterocycles. The number of carboxylic acid groups (broad SMARTS) is 1. The van der Waals surface area contributed by atoms with Crippen molar-refractivity contribution < 1.29 is 9.90 Å². The first-order chi connectivity index (χ1) is 20.5. The van der Waals surface area contributed by atoms with E-state index in [4.69, 9.17) is 4.98 Å². The summed E-state index contributed by atoms with van der Waals surface area (Å²) >= 11 is 0. The molecule has 2 fully saturated rings. The van der Waals surface area contributed by atoms with Crippen LogP contribution in [-0.2, 0) is 7.05 Å². The molecule has 4 aromatic heterocycles. The number of carbonyl (C=O) groups is 1. The number of nitrogens with zero attached hydrogens (tertiary/aromatic N) is 7. The Hall–Kier alpha value is -4.54. The van der Waals surface area contributed by atoms with Crippen LogP contribution >= 0.6 is 0 Å². The van der Waals surface area contributed by atoms with Gasteiger partial charge < -0.3 is 19.5 Å². The van der Waals surface area contributed by atoms with Gasteiger partial charge in [-0.25, -0.2) is 19.1 Å². The molecule has 11 nitrogen and oxygen atoms in total. The average Bonchev–Trinajstić information content (AvgIpc) is 3.80. The summed E-state index contributed by atoms with van der Waals surface area (Å²) in [5.41, 5.74) is 5.49. The molecule has 0 bridgehead atoms. The van der Waals surface area contributed by atoms with Crippen LogP contribution in [0.15, 0.2) is 40.2 Å². The Morgan fingerprint density at radius 3 is 2.44 bits per heavy atom. The zero-order chi connectivity index (χ0) is 30.7. The van der Waals surface area contributed by atoms with Crippen LogP contribution in [0, 0.1) is 13.8 Å². The molecule has 224 valence electrons. The first-order valence-electron chi connectivity index (χ1n) is 14.8. The highest BCUT2D eigenvalue weighted by Gasteiger charge is 2.33. The van der Waals surface area contributed by atoms with Crippen molar-refractivity contribution in [1.29, 1.82) is 0 Å². The normalized spacial score (nSPS) is 17.2. The van der Waals surface area contributed by atoms with Gasteiger partial charge in [0.15, 0.2) is 5.65 Å². The number of fused-ring (bicyclic) bond motifs is 1. The van der Waals surface area contributed by atoms with Crippen molar-refractivity contribution in [1.82, 2.24) is 29.0 Å². The fourth-order valence-corrected chi connectivity index (χ4v) is 6.24. The van der Waals surface area contributed by atoms with E-state index in [9.17, 15) is 19.5 Å². The van der Waals surface area contributed by atoms with Gasteiger partial charge in [0.25, 0.3) is 5.56 Å². The minimum absolute atomic E-state index is 0.0390. The molecule has 0 unspecified atom stereocenters. The molecule has 1 saturated carbocycles. The van der Waals surface area contributed by atoms with E-state index in [1.807, 2.05) is 50.9 Å². The SMILES string of the molecule is Cc1ccnc(C(C)C)c1-n1c(=O)nc(N2CCN(C(=O)O)C[C@@H]2C)c2cc(C3CC3)c(-c3cc(C)c(=O)n(C)c3)nc21. The van der Waals surface area contributed by atoms with Crippen LogP contribution in [0.5, 0.6) is 0 Å². The number of amides is 1. The molecular weight excluding hydrogens is 546 g/mol. The summed E-state index contributed by atoms with van der Waals surface area (Å²) in [6, 6.07) is 5.67. The largest absolute Gasteiger partial charge is 0.465 e. The zero-order valence-corrected chi connectivity index (χ0v) is 25.5. The number of piperazine rings is 1. The number of aryl methyl sites for hydroxylation is 3. The van der Waals surface area contributed by atoms with Crippen LogP contribution in [0.2, 0.25) is 0 Å². The van der Waals surface area contributed by atoms with Crippen molar-refractivity contribution in [2.24, 2.45) is 7.05 Å². The van der Waals surface area contributed by atoms with Crippen LogP contribution in [0.3, 0.4) is 0 Å². The lowest BCUT2D eigenvalue weighted by atomic mass is 10.00. The van der Waals surface area contributed by atoms with Gasteiger partial charge in [0.1, 0.15) is 5.82 Å². The maximum absolute atomic E-state index is 14.1. The maximum Gasteiger partial charge on any atom is 0.407 e. The highest BCUT2D eigenvalue weighted by atomic mass is 16.4. The second-order valence-corrected chi connectivity index (χ2v) is 12.2. The van der Waals surface area contributed by atoms with Crippen molar-refractivity contribution in [3.63, 3.8) is 0 Å². The summed E-state index contributed by atoms with van der Waals surface area (Å²) in [4.78, 5) is 56.4. The van der Waals surface area contributed by atoms with Crippen molar-refractivity contribution in [2.75, 3.05) is 24.5 Å². The maximum atomic E-state index is 14.1. The molecule has 11 heteroatoms. The van der Waals surface area contributed by atoms with Gasteiger partial charge >= 0.3 is 11.8 Å². The van der Waals surface area contributed by atoms with Gasteiger partial charge in [0, 0.05) is 56.2 Å². The fourth-order valence-electron chi connectivity index (χ4n) is 6.24. The van der Waals surface area contributed by atoms with Crippen LogP contribution in [0.1, 0.15) is 67.8 Å². The number of hydrogen-bond donors (Lipinski definition) is 1. The summed E-state index contributed by atoms with van der Waals surface area (Å²) in [7, 11) is 1.74. The summed E-state index contributed by atoms with van der Waals surface area (Å²) in [6.07, 6.45) is 4.66. The average molecular weight is 584 g/mol. The molecule has 1 saturated heterocycles. The van der Waals surface area contributed by atoms with E-state index in [0.29, 0.717) is 48.3 Å². The molecule has 1 aliphatic heterocycles. The molecule has 0 spiro atoms. The number of anilines is 1. The first kappa shape index (κ1) is 28.6. The highest BCUT2D eigenvalue weighted by Crippen LogP contribution is 2.46. The molecule has 0 aromatic carbocycles. The lowest BCUT2D eigenvalue weighted by Gasteiger charge is -2.39. The molecule has 1 atom stereocenters. The van der Waals surface area contributed by atoms with Crippen LogP contribution in [-0.4, -0.2) is 65.9 Å². The minimum atomic E-state index is -0.956. The third-order valence-corrected chi connectivity index (χ3v) is 8.63. The monoisotopic (exact) mass is 583 g/mol. The van der Waals surface area contributed by atoms with Crippen LogP contribution in [0.4, 0.5) is 10.6 Å². The van der Waals surface area contributed by atoms with E-state index in [-0.39, 0.29) is 17.5 Å². The van der Waals surface area contributed by atoms with E-state index in [0.717, 1.165) is 46.3 Å². The van der Waals surface area contributed by atoms with Gasteiger partial charge in [0.2, 0.25) is 0 Å². The molecule has 4 aromatic rings. The van der Waals surface area contributed by atoms with Crippen molar-refractivity contribution in [3.8, 4) is 16.9 Å². The lowest BCUT2D eigenvalue weighted by molar-refractivity contribution is 0.136. The molecular formula is C32H37N7O4. The van der Waals surface area contributed by atoms with Gasteiger partial charge in [-0.2, -0.15) is 4.98 Å². The van der Waals surface area contributed by atoms with Gasteiger partial charge in [-0.05, 0) is 74.8 Å².